The van der Waals surface area contributed by atoms with Crippen molar-refractivity contribution in [1.29, 1.82) is 0 Å². The number of hydrogen-bond donors (Lipinski definition) is 1. The van der Waals surface area contributed by atoms with E-state index in [4.69, 9.17) is 9.31 Å². The molecule has 0 amide bonds. The third kappa shape index (κ3) is 2.89. The molecule has 21 heavy (non-hydrogen) atoms. The Kier molecular flexibility index (Phi) is 3.89. The quantitative estimate of drug-likeness (QED) is 0.848. The van der Waals surface area contributed by atoms with Gasteiger partial charge in [0.25, 0.3) is 0 Å². The minimum Gasteiger partial charge on any atom is -0.399 e. The van der Waals surface area contributed by atoms with Crippen molar-refractivity contribution in [2.45, 2.75) is 64.2 Å². The topological polar surface area (TPSA) is 30.5 Å². The van der Waals surface area contributed by atoms with Crippen molar-refractivity contribution >= 4 is 12.6 Å². The first kappa shape index (κ1) is 15.1. The fourth-order valence-electron chi connectivity index (χ4n) is 3.00. The van der Waals surface area contributed by atoms with E-state index in [-0.39, 0.29) is 18.3 Å². The van der Waals surface area contributed by atoms with Crippen molar-refractivity contribution in [3.63, 3.8) is 0 Å². The van der Waals surface area contributed by atoms with Gasteiger partial charge in [-0.2, -0.15) is 0 Å². The summed E-state index contributed by atoms with van der Waals surface area (Å²) in [6, 6.07) is 9.22. The number of rotatable bonds is 2. The molecule has 1 atom stereocenters. The molecule has 1 aromatic rings. The molecule has 2 heterocycles. The number of benzene rings is 1. The number of nitrogens with one attached hydrogen (secondary N) is 1. The Morgan fingerprint density at radius 1 is 1.00 bits per heavy atom. The maximum absolute atomic E-state index is 6.10. The van der Waals surface area contributed by atoms with E-state index in [1.165, 1.54) is 24.8 Å². The van der Waals surface area contributed by atoms with Crippen LogP contribution in [0, 0.1) is 0 Å². The second-order valence-electron chi connectivity index (χ2n) is 7.26. The lowest BCUT2D eigenvalue weighted by Crippen LogP contribution is -2.41. The van der Waals surface area contributed by atoms with Crippen LogP contribution in [0.15, 0.2) is 24.3 Å². The Balaban J connectivity index is 1.73. The van der Waals surface area contributed by atoms with E-state index in [0.717, 1.165) is 12.0 Å². The summed E-state index contributed by atoms with van der Waals surface area (Å²) in [6.45, 7) is 9.49. The molecular formula is C17H26BNO2. The van der Waals surface area contributed by atoms with Gasteiger partial charge >= 0.3 is 7.12 Å². The van der Waals surface area contributed by atoms with Gasteiger partial charge in [0.05, 0.1) is 11.2 Å². The Morgan fingerprint density at radius 3 is 2.14 bits per heavy atom. The van der Waals surface area contributed by atoms with E-state index in [2.05, 4.69) is 57.3 Å². The van der Waals surface area contributed by atoms with Crippen LogP contribution in [0.25, 0.3) is 0 Å². The lowest BCUT2D eigenvalue weighted by atomic mass is 9.78. The molecule has 0 radical (unpaired) electrons. The van der Waals surface area contributed by atoms with Crippen molar-refractivity contribution in [1.82, 2.24) is 5.32 Å². The summed E-state index contributed by atoms with van der Waals surface area (Å²) in [5, 5.41) is 3.59. The maximum Gasteiger partial charge on any atom is 0.494 e. The van der Waals surface area contributed by atoms with Gasteiger partial charge in [-0.15, -0.1) is 0 Å². The fourth-order valence-corrected chi connectivity index (χ4v) is 3.00. The Bertz CT molecular complexity index is 476. The van der Waals surface area contributed by atoms with Gasteiger partial charge in [-0.05, 0) is 58.1 Å². The maximum atomic E-state index is 6.10. The van der Waals surface area contributed by atoms with Crippen LogP contribution >= 0.6 is 0 Å². The molecule has 2 saturated heterocycles. The van der Waals surface area contributed by atoms with E-state index in [0.29, 0.717) is 6.04 Å². The first-order valence-corrected chi connectivity index (χ1v) is 8.08. The van der Waals surface area contributed by atoms with Crippen LogP contribution in [-0.2, 0) is 9.31 Å². The molecule has 0 spiro atoms. The number of hydrogen-bond acceptors (Lipinski definition) is 3. The Labute approximate surface area is 128 Å². The molecule has 2 aliphatic heterocycles. The minimum atomic E-state index is -0.277. The Morgan fingerprint density at radius 2 is 1.62 bits per heavy atom. The second kappa shape index (κ2) is 5.42. The van der Waals surface area contributed by atoms with Gasteiger partial charge in [-0.1, -0.05) is 30.7 Å². The minimum absolute atomic E-state index is 0.261. The van der Waals surface area contributed by atoms with Crippen molar-refractivity contribution in [2.24, 2.45) is 0 Å². The van der Waals surface area contributed by atoms with Crippen molar-refractivity contribution < 1.29 is 9.31 Å². The van der Waals surface area contributed by atoms with Crippen LogP contribution in [0.1, 0.15) is 58.6 Å². The summed E-state index contributed by atoms with van der Waals surface area (Å²) < 4.78 is 12.2. The molecule has 2 aliphatic rings. The number of piperidine rings is 1. The third-order valence-electron chi connectivity index (χ3n) is 5.17. The summed E-state index contributed by atoms with van der Waals surface area (Å²) in [4.78, 5) is 0. The molecule has 1 N–H and O–H groups in total. The van der Waals surface area contributed by atoms with Crippen LogP contribution in [0.3, 0.4) is 0 Å². The van der Waals surface area contributed by atoms with E-state index >= 15 is 0 Å². The molecule has 0 bridgehead atoms. The van der Waals surface area contributed by atoms with Gasteiger partial charge in [0.1, 0.15) is 0 Å². The predicted molar refractivity (Wildman–Crippen MR) is 86.8 cm³/mol. The van der Waals surface area contributed by atoms with Crippen molar-refractivity contribution in [2.75, 3.05) is 6.54 Å². The molecule has 2 fully saturated rings. The molecule has 3 nitrogen and oxygen atoms in total. The lowest BCUT2D eigenvalue weighted by Gasteiger charge is -2.32. The van der Waals surface area contributed by atoms with Gasteiger partial charge in [-0.3, -0.25) is 0 Å². The van der Waals surface area contributed by atoms with Gasteiger partial charge in [-0.25, -0.2) is 0 Å². The summed E-state index contributed by atoms with van der Waals surface area (Å²) >= 11 is 0. The molecule has 0 saturated carbocycles. The molecule has 1 aromatic carbocycles. The standard InChI is InChI=1S/C17H26BNO2/c1-16(2)17(3,4)21-18(20-16)14-10-8-13(9-11-14)15-7-5-6-12-19-15/h8-11,15,19H,5-7,12H2,1-4H3. The highest BCUT2D eigenvalue weighted by atomic mass is 16.7. The summed E-state index contributed by atoms with van der Waals surface area (Å²) in [5.74, 6) is 0. The zero-order valence-corrected chi connectivity index (χ0v) is 13.6. The van der Waals surface area contributed by atoms with Crippen LogP contribution < -0.4 is 10.8 Å². The second-order valence-corrected chi connectivity index (χ2v) is 7.26. The predicted octanol–water partition coefficient (Wildman–Crippen LogP) is 2.80. The highest BCUT2D eigenvalue weighted by Crippen LogP contribution is 2.36. The summed E-state index contributed by atoms with van der Waals surface area (Å²) in [7, 11) is -0.261. The molecule has 114 valence electrons. The first-order valence-electron chi connectivity index (χ1n) is 8.08. The van der Waals surface area contributed by atoms with E-state index in [1.54, 1.807) is 0 Å². The van der Waals surface area contributed by atoms with Crippen LogP contribution in [-0.4, -0.2) is 24.9 Å². The molecular weight excluding hydrogens is 261 g/mol. The molecule has 0 aliphatic carbocycles. The highest BCUT2D eigenvalue weighted by molar-refractivity contribution is 6.62. The zero-order chi connectivity index (χ0) is 15.1. The van der Waals surface area contributed by atoms with Gasteiger partial charge < -0.3 is 14.6 Å². The normalized spacial score (nSPS) is 27.8. The van der Waals surface area contributed by atoms with Gasteiger partial charge in [0.15, 0.2) is 0 Å². The van der Waals surface area contributed by atoms with Gasteiger partial charge in [0.2, 0.25) is 0 Å². The van der Waals surface area contributed by atoms with Gasteiger partial charge in [0, 0.05) is 6.04 Å². The summed E-state index contributed by atoms with van der Waals surface area (Å²) in [5.41, 5.74) is 1.92. The molecule has 4 heteroatoms. The van der Waals surface area contributed by atoms with E-state index in [1.807, 2.05) is 0 Å². The SMILES string of the molecule is CC1(C)OB(c2ccc(C3CCCCN3)cc2)OC1(C)C. The third-order valence-corrected chi connectivity index (χ3v) is 5.17. The molecule has 3 rings (SSSR count). The smallest absolute Gasteiger partial charge is 0.399 e. The molecule has 0 aromatic heterocycles. The van der Waals surface area contributed by atoms with Crippen LogP contribution in [0.4, 0.5) is 0 Å². The largest absolute Gasteiger partial charge is 0.494 e. The Hall–Kier alpha value is -0.835. The van der Waals surface area contributed by atoms with Crippen molar-refractivity contribution in [3.05, 3.63) is 29.8 Å². The van der Waals surface area contributed by atoms with E-state index < -0.39 is 0 Å². The zero-order valence-electron chi connectivity index (χ0n) is 13.6. The van der Waals surface area contributed by atoms with Crippen LogP contribution in [0.2, 0.25) is 0 Å². The average Bonchev–Trinajstić information content (AvgIpc) is 2.69. The monoisotopic (exact) mass is 287 g/mol. The van der Waals surface area contributed by atoms with Crippen LogP contribution in [0.5, 0.6) is 0 Å². The lowest BCUT2D eigenvalue weighted by molar-refractivity contribution is 0.00578. The fraction of sp³-hybridized carbons (Fsp3) is 0.647. The molecule has 1 unspecified atom stereocenters. The van der Waals surface area contributed by atoms with Crippen molar-refractivity contribution in [3.8, 4) is 0 Å². The first-order chi connectivity index (χ1) is 9.89. The average molecular weight is 287 g/mol. The highest BCUT2D eigenvalue weighted by Gasteiger charge is 2.51. The van der Waals surface area contributed by atoms with E-state index in [9.17, 15) is 0 Å². The summed E-state index contributed by atoms with van der Waals surface area (Å²) in [6.07, 6.45) is 3.84.